The monoisotopic (exact) mass is 436 g/mol. The highest BCUT2D eigenvalue weighted by molar-refractivity contribution is 6.30. The number of carbonyl (C=O) groups excluding carboxylic acids is 1. The number of carboxylic acid groups (broad SMARTS) is 1. The number of ether oxygens (including phenoxy) is 1. The van der Waals surface area contributed by atoms with Crippen molar-refractivity contribution in [3.63, 3.8) is 0 Å². The van der Waals surface area contributed by atoms with Gasteiger partial charge in [-0.3, -0.25) is 14.3 Å². The summed E-state index contributed by atoms with van der Waals surface area (Å²) in [4.78, 5) is 25.5. The van der Waals surface area contributed by atoms with E-state index in [1.165, 1.54) is 0 Å². The minimum Gasteiger partial charge on any atom is -0.483 e. The molecule has 2 heterocycles. The van der Waals surface area contributed by atoms with Gasteiger partial charge in [0.2, 0.25) is 5.91 Å². The van der Waals surface area contributed by atoms with Crippen LogP contribution in [0.15, 0.2) is 36.7 Å². The first-order valence-corrected chi connectivity index (χ1v) is 10.1. The zero-order chi connectivity index (χ0) is 22.1. The Morgan fingerprint density at radius 2 is 2.03 bits per heavy atom. The molecule has 1 saturated heterocycles. The maximum absolute atomic E-state index is 13.1. The molecule has 164 valence electrons. The highest BCUT2D eigenvalue weighted by Gasteiger charge is 2.37. The van der Waals surface area contributed by atoms with Gasteiger partial charge in [0.1, 0.15) is 0 Å². The van der Waals surface area contributed by atoms with Crippen molar-refractivity contribution in [3.05, 3.63) is 52.8 Å². The molecule has 1 aromatic heterocycles. The summed E-state index contributed by atoms with van der Waals surface area (Å²) < 4.78 is 7.81. The van der Waals surface area contributed by atoms with Gasteiger partial charge < -0.3 is 19.6 Å². The smallest absolute Gasteiger partial charge is 0.290 e. The molecule has 0 spiro atoms. The largest absolute Gasteiger partial charge is 0.483 e. The second-order valence-electron chi connectivity index (χ2n) is 7.38. The number of aryl methyl sites for hydroxylation is 2. The van der Waals surface area contributed by atoms with Gasteiger partial charge in [0.25, 0.3) is 6.47 Å². The van der Waals surface area contributed by atoms with Crippen LogP contribution < -0.4 is 0 Å². The molecule has 0 bridgehead atoms. The van der Waals surface area contributed by atoms with E-state index in [1.54, 1.807) is 4.68 Å². The van der Waals surface area contributed by atoms with Crippen LogP contribution in [0.25, 0.3) is 0 Å². The molecule has 0 saturated carbocycles. The van der Waals surface area contributed by atoms with Crippen LogP contribution in [-0.2, 0) is 27.8 Å². The van der Waals surface area contributed by atoms with Crippen molar-refractivity contribution in [2.24, 2.45) is 7.05 Å². The van der Waals surface area contributed by atoms with Crippen LogP contribution in [0, 0.1) is 0 Å². The maximum Gasteiger partial charge on any atom is 0.290 e. The Labute approximate surface area is 182 Å². The lowest BCUT2D eigenvalue weighted by atomic mass is 9.99. The van der Waals surface area contributed by atoms with Gasteiger partial charge in [-0.2, -0.15) is 5.10 Å². The Balaban J connectivity index is 0.00000101. The van der Waals surface area contributed by atoms with Crippen molar-refractivity contribution in [2.75, 3.05) is 33.8 Å². The molecule has 0 unspecified atom stereocenters. The van der Waals surface area contributed by atoms with Crippen molar-refractivity contribution in [3.8, 4) is 0 Å². The van der Waals surface area contributed by atoms with Gasteiger partial charge in [0.15, 0.2) is 0 Å². The fourth-order valence-corrected chi connectivity index (χ4v) is 3.69. The predicted molar refractivity (Wildman–Crippen MR) is 114 cm³/mol. The molecule has 2 aromatic rings. The highest BCUT2D eigenvalue weighted by atomic mass is 35.5. The molecule has 0 aliphatic carbocycles. The second-order valence-corrected chi connectivity index (χ2v) is 7.82. The van der Waals surface area contributed by atoms with E-state index in [-0.39, 0.29) is 24.5 Å². The molecule has 1 aromatic carbocycles. The van der Waals surface area contributed by atoms with Gasteiger partial charge in [-0.1, -0.05) is 23.7 Å². The third-order valence-corrected chi connectivity index (χ3v) is 5.08. The van der Waals surface area contributed by atoms with Crippen molar-refractivity contribution in [2.45, 2.75) is 25.0 Å². The Morgan fingerprint density at radius 1 is 1.37 bits per heavy atom. The number of morpholine rings is 1. The average molecular weight is 437 g/mol. The first kappa shape index (κ1) is 23.9. The number of likely N-dealkylation sites (N-methyl/N-ethyl adjacent to an activating group) is 1. The number of hydrogen-bond donors (Lipinski definition) is 1. The van der Waals surface area contributed by atoms with Crippen LogP contribution in [0.1, 0.15) is 23.6 Å². The fraction of sp³-hybridized carbons (Fsp3) is 0.476. The van der Waals surface area contributed by atoms with E-state index in [0.717, 1.165) is 17.7 Å². The summed E-state index contributed by atoms with van der Waals surface area (Å²) in [5, 5.41) is 11.9. The quantitative estimate of drug-likeness (QED) is 0.699. The van der Waals surface area contributed by atoms with Crippen LogP contribution in [0.5, 0.6) is 0 Å². The van der Waals surface area contributed by atoms with Crippen molar-refractivity contribution in [1.29, 1.82) is 0 Å². The van der Waals surface area contributed by atoms with Crippen LogP contribution in [0.2, 0.25) is 5.02 Å². The van der Waals surface area contributed by atoms with E-state index >= 15 is 0 Å². The molecule has 9 heteroatoms. The Morgan fingerprint density at radius 3 is 2.60 bits per heavy atom. The third kappa shape index (κ3) is 6.83. The lowest BCUT2D eigenvalue weighted by Gasteiger charge is -2.42. The topological polar surface area (TPSA) is 87.9 Å². The van der Waals surface area contributed by atoms with E-state index in [9.17, 15) is 4.79 Å². The van der Waals surface area contributed by atoms with Gasteiger partial charge in [0.05, 0.1) is 24.9 Å². The first-order valence-electron chi connectivity index (χ1n) is 9.72. The zero-order valence-corrected chi connectivity index (χ0v) is 18.3. The number of benzene rings is 1. The number of amides is 1. The lowest BCUT2D eigenvalue weighted by molar-refractivity contribution is -0.148. The van der Waals surface area contributed by atoms with Crippen molar-refractivity contribution < 1.29 is 19.4 Å². The highest BCUT2D eigenvalue weighted by Crippen LogP contribution is 2.30. The van der Waals surface area contributed by atoms with Crippen LogP contribution in [-0.4, -0.2) is 77.0 Å². The molecule has 0 radical (unpaired) electrons. The molecule has 1 aliphatic heterocycles. The number of hydrogen-bond acceptors (Lipinski definition) is 5. The molecule has 1 aliphatic rings. The first-order chi connectivity index (χ1) is 14.3. The second kappa shape index (κ2) is 11.7. The SMILES string of the molecule is CN(C)C[C@@H]1OCCN(C(=O)CCc2ccc(Cl)cc2)[C@H]1c1cnn(C)c1.O=CO. The molecule has 3 rings (SSSR count). The standard InChI is InChI=1S/C20H27ClN4O2.CH2O2/c1-23(2)14-18-20(16-12-22-24(3)13-16)25(10-11-27-18)19(26)9-6-15-4-7-17(21)8-5-15;2-1-3/h4-5,7-8,12-13,18,20H,6,9-11,14H2,1-3H3;1H,(H,2,3)/t18-,20-;/m0./s1. The number of carbonyl (C=O) groups is 2. The minimum absolute atomic E-state index is 0.0718. The fourth-order valence-electron chi connectivity index (χ4n) is 3.56. The van der Waals surface area contributed by atoms with Crippen LogP contribution in [0.3, 0.4) is 0 Å². The number of nitrogens with zero attached hydrogens (tertiary/aromatic N) is 4. The van der Waals surface area contributed by atoms with E-state index < -0.39 is 0 Å². The Bertz CT molecular complexity index is 810. The average Bonchev–Trinajstić information content (AvgIpc) is 3.13. The van der Waals surface area contributed by atoms with Crippen molar-refractivity contribution >= 4 is 24.0 Å². The molecule has 8 nitrogen and oxygen atoms in total. The van der Waals surface area contributed by atoms with Crippen molar-refractivity contribution in [1.82, 2.24) is 19.6 Å². The van der Waals surface area contributed by atoms with Gasteiger partial charge in [-0.25, -0.2) is 0 Å². The minimum atomic E-state index is -0.250. The van der Waals surface area contributed by atoms with E-state index in [4.69, 9.17) is 26.2 Å². The van der Waals surface area contributed by atoms with Gasteiger partial charge in [-0.15, -0.1) is 0 Å². The van der Waals surface area contributed by atoms with E-state index in [2.05, 4.69) is 10.00 Å². The van der Waals surface area contributed by atoms with Crippen LogP contribution >= 0.6 is 11.6 Å². The molecule has 2 atom stereocenters. The maximum atomic E-state index is 13.1. The summed E-state index contributed by atoms with van der Waals surface area (Å²) >= 11 is 5.94. The van der Waals surface area contributed by atoms with Gasteiger partial charge in [-0.05, 0) is 38.2 Å². The molecule has 30 heavy (non-hydrogen) atoms. The number of aromatic nitrogens is 2. The zero-order valence-electron chi connectivity index (χ0n) is 17.6. The summed E-state index contributed by atoms with van der Waals surface area (Å²) in [7, 11) is 5.93. The molecular weight excluding hydrogens is 408 g/mol. The van der Waals surface area contributed by atoms with Gasteiger partial charge >= 0.3 is 0 Å². The lowest BCUT2D eigenvalue weighted by Crippen LogP contribution is -2.51. The Kier molecular flexibility index (Phi) is 9.29. The Hall–Kier alpha value is -2.42. The predicted octanol–water partition coefficient (Wildman–Crippen LogP) is 2.24. The van der Waals surface area contributed by atoms with E-state index in [1.807, 2.05) is 62.7 Å². The molecule has 1 fully saturated rings. The number of halogens is 1. The van der Waals surface area contributed by atoms with Crippen LogP contribution in [0.4, 0.5) is 0 Å². The third-order valence-electron chi connectivity index (χ3n) is 4.82. The summed E-state index contributed by atoms with van der Waals surface area (Å²) in [5.74, 6) is 0.144. The normalized spacial score (nSPS) is 18.6. The summed E-state index contributed by atoms with van der Waals surface area (Å²) in [6, 6.07) is 7.56. The summed E-state index contributed by atoms with van der Waals surface area (Å²) in [5.41, 5.74) is 2.13. The molecular formula is C21H29ClN4O4. The molecule has 1 amide bonds. The number of rotatable bonds is 6. The summed E-state index contributed by atoms with van der Waals surface area (Å²) in [6.07, 6.45) is 4.90. The van der Waals surface area contributed by atoms with E-state index in [0.29, 0.717) is 31.0 Å². The molecule has 1 N–H and O–H groups in total. The summed E-state index contributed by atoms with van der Waals surface area (Å²) in [6.45, 7) is 1.66. The van der Waals surface area contributed by atoms with Gasteiger partial charge in [0, 0.05) is 43.3 Å².